The van der Waals surface area contributed by atoms with E-state index in [1.807, 2.05) is 24.3 Å². The van der Waals surface area contributed by atoms with Gasteiger partial charge in [0.05, 0.1) is 12.2 Å². The predicted octanol–water partition coefficient (Wildman–Crippen LogP) is 9.75. The van der Waals surface area contributed by atoms with Gasteiger partial charge in [0.25, 0.3) is 0 Å². The second kappa shape index (κ2) is 15.7. The molecule has 0 unspecified atom stereocenters. The summed E-state index contributed by atoms with van der Waals surface area (Å²) in [5.41, 5.74) is 1.92. The largest absolute Gasteiger partial charge is 0.494 e. The molecule has 2 aromatic rings. The van der Waals surface area contributed by atoms with Crippen molar-refractivity contribution in [1.82, 2.24) is 0 Å². The molecule has 0 spiro atoms. The summed E-state index contributed by atoms with van der Waals surface area (Å²) in [6, 6.07) is 15.5. The summed E-state index contributed by atoms with van der Waals surface area (Å²) in [7, 11) is 0. The van der Waals surface area contributed by atoms with Gasteiger partial charge in [-0.25, -0.2) is 4.79 Å². The molecular weight excluding hydrogens is 444 g/mol. The van der Waals surface area contributed by atoms with Crippen molar-refractivity contribution in [2.45, 2.75) is 110 Å². The van der Waals surface area contributed by atoms with Crippen LogP contribution < -0.4 is 9.47 Å². The van der Waals surface area contributed by atoms with Crippen LogP contribution in [-0.4, -0.2) is 12.6 Å². The van der Waals surface area contributed by atoms with Crippen LogP contribution in [0.2, 0.25) is 0 Å². The number of hydrogen-bond acceptors (Lipinski definition) is 3. The van der Waals surface area contributed by atoms with Gasteiger partial charge in [-0.15, -0.1) is 0 Å². The second-order valence-corrected chi connectivity index (χ2v) is 10.9. The molecule has 0 aliphatic heterocycles. The van der Waals surface area contributed by atoms with Crippen LogP contribution in [0.15, 0.2) is 48.5 Å². The lowest BCUT2D eigenvalue weighted by Gasteiger charge is -2.29. The van der Waals surface area contributed by atoms with Crippen molar-refractivity contribution in [3.8, 4) is 11.5 Å². The first-order valence-corrected chi connectivity index (χ1v) is 14.6. The van der Waals surface area contributed by atoms with Crippen molar-refractivity contribution in [3.63, 3.8) is 0 Å². The molecule has 1 atom stereocenters. The van der Waals surface area contributed by atoms with Crippen molar-refractivity contribution in [3.05, 3.63) is 59.7 Å². The fourth-order valence-electron chi connectivity index (χ4n) is 5.29. The highest BCUT2D eigenvalue weighted by molar-refractivity contribution is 5.91. The van der Waals surface area contributed by atoms with Gasteiger partial charge in [0.15, 0.2) is 0 Å². The standard InChI is InChI=1S/C33H48O3/c1-4-6-8-12-27-13-15-28(16-14-27)29-17-23-32(24-18-29)36-33(34)30-19-21-31(22-20-30)35-25-10-7-9-11-26(3)5-2/h17-24,26-28H,4-16,25H2,1-3H3/t26-,27-,28-/m0/s1. The SMILES string of the molecule is CCCCC[C@H]1CC[C@H](c2ccc(OC(=O)c3ccc(OCCCCC[C@@H](C)CC)cc3)cc2)CC1. The number of hydrogen-bond donors (Lipinski definition) is 0. The zero-order valence-corrected chi connectivity index (χ0v) is 23.0. The number of esters is 1. The summed E-state index contributed by atoms with van der Waals surface area (Å²) in [6.45, 7) is 7.57. The molecule has 36 heavy (non-hydrogen) atoms. The molecule has 3 heteroatoms. The normalized spacial score (nSPS) is 18.5. The molecule has 1 fully saturated rings. The Bertz CT molecular complexity index is 863. The van der Waals surface area contributed by atoms with Crippen molar-refractivity contribution >= 4 is 5.97 Å². The van der Waals surface area contributed by atoms with Crippen LogP contribution in [0.25, 0.3) is 0 Å². The third-order valence-corrected chi connectivity index (χ3v) is 8.02. The third-order valence-electron chi connectivity index (χ3n) is 8.02. The molecule has 0 saturated heterocycles. The highest BCUT2D eigenvalue weighted by Crippen LogP contribution is 2.38. The van der Waals surface area contributed by atoms with Crippen LogP contribution in [0, 0.1) is 11.8 Å². The minimum absolute atomic E-state index is 0.327. The van der Waals surface area contributed by atoms with Gasteiger partial charge in [-0.05, 0) is 91.8 Å². The summed E-state index contributed by atoms with van der Waals surface area (Å²) >= 11 is 0. The van der Waals surface area contributed by atoms with Crippen molar-refractivity contribution in [2.75, 3.05) is 6.61 Å². The lowest BCUT2D eigenvalue weighted by atomic mass is 9.77. The Morgan fingerprint density at radius 1 is 0.833 bits per heavy atom. The maximum atomic E-state index is 12.6. The Kier molecular flexibility index (Phi) is 12.4. The van der Waals surface area contributed by atoms with Gasteiger partial charge in [0.2, 0.25) is 0 Å². The Morgan fingerprint density at radius 3 is 2.19 bits per heavy atom. The highest BCUT2D eigenvalue weighted by atomic mass is 16.5. The van der Waals surface area contributed by atoms with E-state index < -0.39 is 0 Å². The van der Waals surface area contributed by atoms with Crippen molar-refractivity contribution < 1.29 is 14.3 Å². The average Bonchev–Trinajstić information content (AvgIpc) is 2.92. The second-order valence-electron chi connectivity index (χ2n) is 10.9. The molecule has 1 aliphatic rings. The average molecular weight is 493 g/mol. The first kappa shape index (κ1) is 28.3. The van der Waals surface area contributed by atoms with Crippen LogP contribution in [0.4, 0.5) is 0 Å². The molecule has 2 aromatic carbocycles. The molecule has 0 radical (unpaired) electrons. The van der Waals surface area contributed by atoms with E-state index >= 15 is 0 Å². The fourth-order valence-corrected chi connectivity index (χ4v) is 5.29. The summed E-state index contributed by atoms with van der Waals surface area (Å²) in [5, 5.41) is 0. The predicted molar refractivity (Wildman–Crippen MR) is 150 cm³/mol. The maximum absolute atomic E-state index is 12.6. The van der Waals surface area contributed by atoms with Gasteiger partial charge in [-0.3, -0.25) is 0 Å². The van der Waals surface area contributed by atoms with Crippen LogP contribution >= 0.6 is 0 Å². The lowest BCUT2D eigenvalue weighted by Crippen LogP contribution is -2.13. The van der Waals surface area contributed by atoms with Crippen LogP contribution in [-0.2, 0) is 0 Å². The zero-order valence-electron chi connectivity index (χ0n) is 23.0. The molecule has 0 amide bonds. The molecular formula is C33H48O3. The van der Waals surface area contributed by atoms with E-state index in [-0.39, 0.29) is 5.97 Å². The van der Waals surface area contributed by atoms with Gasteiger partial charge in [-0.1, -0.05) is 84.3 Å². The van der Waals surface area contributed by atoms with E-state index in [2.05, 4.69) is 32.9 Å². The van der Waals surface area contributed by atoms with Gasteiger partial charge in [0, 0.05) is 0 Å². The Morgan fingerprint density at radius 2 is 1.53 bits per heavy atom. The summed E-state index contributed by atoms with van der Waals surface area (Å²) in [5.74, 6) is 3.47. The molecule has 1 aliphatic carbocycles. The fraction of sp³-hybridized carbons (Fsp3) is 0.606. The first-order chi connectivity index (χ1) is 17.6. The summed E-state index contributed by atoms with van der Waals surface area (Å²) in [6.07, 6.45) is 16.8. The smallest absolute Gasteiger partial charge is 0.343 e. The minimum Gasteiger partial charge on any atom is -0.494 e. The topological polar surface area (TPSA) is 35.5 Å². The van der Waals surface area contributed by atoms with Crippen molar-refractivity contribution in [1.29, 1.82) is 0 Å². The Hall–Kier alpha value is -2.29. The first-order valence-electron chi connectivity index (χ1n) is 14.6. The van der Waals surface area contributed by atoms with E-state index in [1.165, 1.54) is 82.6 Å². The van der Waals surface area contributed by atoms with Gasteiger partial charge < -0.3 is 9.47 Å². The maximum Gasteiger partial charge on any atom is 0.343 e. The number of benzene rings is 2. The Balaban J connectivity index is 1.37. The number of carbonyl (C=O) groups is 1. The van der Waals surface area contributed by atoms with Crippen molar-refractivity contribution in [2.24, 2.45) is 11.8 Å². The van der Waals surface area contributed by atoms with E-state index in [4.69, 9.17) is 9.47 Å². The Labute approximate surface area is 220 Å². The van der Waals surface area contributed by atoms with E-state index in [0.717, 1.165) is 30.6 Å². The molecule has 0 heterocycles. The number of unbranched alkanes of at least 4 members (excludes halogenated alkanes) is 4. The van der Waals surface area contributed by atoms with Crippen LogP contribution in [0.5, 0.6) is 11.5 Å². The molecule has 3 rings (SSSR count). The minimum atomic E-state index is -0.327. The molecule has 0 bridgehead atoms. The molecule has 1 saturated carbocycles. The van der Waals surface area contributed by atoms with Gasteiger partial charge in [0.1, 0.15) is 11.5 Å². The highest BCUT2D eigenvalue weighted by Gasteiger charge is 2.22. The number of ether oxygens (including phenoxy) is 2. The summed E-state index contributed by atoms with van der Waals surface area (Å²) in [4.78, 5) is 12.6. The van der Waals surface area contributed by atoms with E-state index in [9.17, 15) is 4.79 Å². The molecule has 3 nitrogen and oxygen atoms in total. The van der Waals surface area contributed by atoms with Crippen LogP contribution in [0.1, 0.15) is 126 Å². The van der Waals surface area contributed by atoms with E-state index in [1.54, 1.807) is 12.1 Å². The van der Waals surface area contributed by atoms with E-state index in [0.29, 0.717) is 17.2 Å². The number of carbonyl (C=O) groups excluding carboxylic acids is 1. The molecule has 0 aromatic heterocycles. The summed E-state index contributed by atoms with van der Waals surface area (Å²) < 4.78 is 11.5. The molecule has 0 N–H and O–H groups in total. The van der Waals surface area contributed by atoms with Crippen LogP contribution in [0.3, 0.4) is 0 Å². The van der Waals surface area contributed by atoms with Gasteiger partial charge >= 0.3 is 5.97 Å². The zero-order chi connectivity index (χ0) is 25.6. The third kappa shape index (κ3) is 9.64. The quantitative estimate of drug-likeness (QED) is 0.141. The lowest BCUT2D eigenvalue weighted by molar-refractivity contribution is 0.0734. The van der Waals surface area contributed by atoms with Gasteiger partial charge in [-0.2, -0.15) is 0 Å². The molecule has 198 valence electrons. The number of rotatable bonds is 15. The monoisotopic (exact) mass is 492 g/mol.